The van der Waals surface area contributed by atoms with Gasteiger partial charge in [-0.2, -0.15) is 0 Å². The molecule has 0 unspecified atom stereocenters. The fourth-order valence-corrected chi connectivity index (χ4v) is 1.92. The maximum Gasteiger partial charge on any atom is 0.254 e. The highest BCUT2D eigenvalue weighted by atomic mass is 19.1. The molecule has 2 rings (SSSR count). The molecule has 0 spiro atoms. The van der Waals surface area contributed by atoms with E-state index in [-0.39, 0.29) is 12.1 Å². The van der Waals surface area contributed by atoms with Crippen molar-refractivity contribution in [2.24, 2.45) is 0 Å². The van der Waals surface area contributed by atoms with E-state index in [4.69, 9.17) is 0 Å². The van der Waals surface area contributed by atoms with Gasteiger partial charge in [-0.05, 0) is 29.7 Å². The Hall–Kier alpha value is -2.49. The van der Waals surface area contributed by atoms with Gasteiger partial charge in [-0.25, -0.2) is 4.39 Å². The number of rotatable bonds is 5. The predicted molar refractivity (Wildman–Crippen MR) is 74.0 cm³/mol. The summed E-state index contributed by atoms with van der Waals surface area (Å²) in [5.41, 5.74) is 1.88. The maximum absolute atomic E-state index is 13.6. The molecule has 2 aromatic carbocycles. The first kappa shape index (κ1) is 13.9. The Morgan fingerprint density at radius 1 is 1.10 bits per heavy atom. The number of hydrogen-bond donors (Lipinski definition) is 1. The van der Waals surface area contributed by atoms with Gasteiger partial charge < -0.3 is 10.1 Å². The van der Waals surface area contributed by atoms with Crippen LogP contribution in [0.25, 0.3) is 0 Å². The molecule has 0 heterocycles. The lowest BCUT2D eigenvalue weighted by molar-refractivity contribution is -0.107. The van der Waals surface area contributed by atoms with Gasteiger partial charge in [0.25, 0.3) is 5.91 Å². The van der Waals surface area contributed by atoms with Crippen molar-refractivity contribution < 1.29 is 14.0 Å². The molecule has 0 aromatic heterocycles. The van der Waals surface area contributed by atoms with Crippen molar-refractivity contribution >= 4 is 12.2 Å². The van der Waals surface area contributed by atoms with Crippen LogP contribution in [0.15, 0.2) is 48.5 Å². The highest BCUT2D eigenvalue weighted by Crippen LogP contribution is 2.14. The lowest BCUT2D eigenvalue weighted by Crippen LogP contribution is -2.26. The number of amides is 1. The number of carbonyl (C=O) groups excluding carboxylic acids is 2. The Balaban J connectivity index is 2.20. The molecule has 0 fully saturated rings. The number of aldehydes is 1. The molecule has 0 radical (unpaired) electrons. The van der Waals surface area contributed by atoms with Crippen molar-refractivity contribution in [1.82, 2.24) is 5.32 Å². The minimum atomic E-state index is -0.592. The zero-order chi connectivity index (χ0) is 14.4. The molecule has 0 bridgehead atoms. The van der Waals surface area contributed by atoms with Gasteiger partial charge in [0.2, 0.25) is 0 Å². The maximum atomic E-state index is 13.6. The summed E-state index contributed by atoms with van der Waals surface area (Å²) in [4.78, 5) is 21.9. The Morgan fingerprint density at radius 3 is 2.55 bits per heavy atom. The third-order valence-corrected chi connectivity index (χ3v) is 2.87. The molecule has 0 aliphatic heterocycles. The molecule has 0 saturated carbocycles. The van der Waals surface area contributed by atoms with E-state index in [1.165, 1.54) is 12.1 Å². The summed E-state index contributed by atoms with van der Waals surface area (Å²) in [6.45, 7) is -0.124. The second-order valence-corrected chi connectivity index (χ2v) is 4.35. The summed E-state index contributed by atoms with van der Waals surface area (Å²) in [6.07, 6.45) is 1.18. The van der Waals surface area contributed by atoms with Crippen molar-refractivity contribution in [3.05, 3.63) is 71.0 Å². The molecule has 3 nitrogen and oxygen atoms in total. The second-order valence-electron chi connectivity index (χ2n) is 4.35. The Kier molecular flexibility index (Phi) is 4.60. The summed E-state index contributed by atoms with van der Waals surface area (Å²) in [6, 6.07) is 14.2. The van der Waals surface area contributed by atoms with Crippen molar-refractivity contribution in [2.75, 3.05) is 6.54 Å². The van der Waals surface area contributed by atoms with E-state index >= 15 is 0 Å². The SMILES string of the molecule is O=CCNC(=O)c1cc(Cc2ccccc2)ccc1F. The third kappa shape index (κ3) is 3.51. The average Bonchev–Trinajstić information content (AvgIpc) is 2.48. The van der Waals surface area contributed by atoms with Gasteiger partial charge in [-0.15, -0.1) is 0 Å². The molecule has 0 atom stereocenters. The normalized spacial score (nSPS) is 10.1. The number of carbonyl (C=O) groups is 2. The van der Waals surface area contributed by atoms with Crippen LogP contribution in [0.3, 0.4) is 0 Å². The van der Waals surface area contributed by atoms with Crippen LogP contribution >= 0.6 is 0 Å². The largest absolute Gasteiger partial charge is 0.345 e. The fraction of sp³-hybridized carbons (Fsp3) is 0.125. The minimum Gasteiger partial charge on any atom is -0.345 e. The van der Waals surface area contributed by atoms with E-state index < -0.39 is 11.7 Å². The number of halogens is 1. The summed E-state index contributed by atoms with van der Waals surface area (Å²) >= 11 is 0. The van der Waals surface area contributed by atoms with Crippen molar-refractivity contribution in [3.8, 4) is 0 Å². The first-order chi connectivity index (χ1) is 9.70. The van der Waals surface area contributed by atoms with Crippen LogP contribution in [0, 0.1) is 5.82 Å². The Bertz CT molecular complexity index is 611. The van der Waals surface area contributed by atoms with Gasteiger partial charge in [-0.3, -0.25) is 4.79 Å². The number of benzene rings is 2. The zero-order valence-electron chi connectivity index (χ0n) is 10.8. The van der Waals surface area contributed by atoms with Gasteiger partial charge >= 0.3 is 0 Å². The Morgan fingerprint density at radius 2 is 1.85 bits per heavy atom. The van der Waals surface area contributed by atoms with E-state index in [1.807, 2.05) is 30.3 Å². The molecular formula is C16H14FNO2. The smallest absolute Gasteiger partial charge is 0.254 e. The number of hydrogen-bond acceptors (Lipinski definition) is 2. The highest BCUT2D eigenvalue weighted by molar-refractivity contribution is 5.95. The molecule has 1 amide bonds. The quantitative estimate of drug-likeness (QED) is 0.848. The van der Waals surface area contributed by atoms with Crippen molar-refractivity contribution in [3.63, 3.8) is 0 Å². The van der Waals surface area contributed by atoms with Crippen LogP contribution in [0.4, 0.5) is 4.39 Å². The highest BCUT2D eigenvalue weighted by Gasteiger charge is 2.12. The summed E-state index contributed by atoms with van der Waals surface area (Å²) in [5.74, 6) is -1.17. The molecule has 2 aromatic rings. The van der Waals surface area contributed by atoms with Crippen LogP contribution in [0.1, 0.15) is 21.5 Å². The van der Waals surface area contributed by atoms with Crippen LogP contribution < -0.4 is 5.32 Å². The van der Waals surface area contributed by atoms with Gasteiger partial charge in [0.1, 0.15) is 12.1 Å². The van der Waals surface area contributed by atoms with Gasteiger partial charge in [0.05, 0.1) is 12.1 Å². The van der Waals surface area contributed by atoms with E-state index in [1.54, 1.807) is 6.07 Å². The summed E-state index contributed by atoms with van der Waals surface area (Å²) < 4.78 is 13.6. The Labute approximate surface area is 116 Å². The van der Waals surface area contributed by atoms with E-state index in [9.17, 15) is 14.0 Å². The molecule has 102 valence electrons. The standard InChI is InChI=1S/C16H14FNO2/c17-15-7-6-13(10-12-4-2-1-3-5-12)11-14(15)16(20)18-8-9-19/h1-7,9,11H,8,10H2,(H,18,20). The lowest BCUT2D eigenvalue weighted by Gasteiger charge is -2.07. The predicted octanol–water partition coefficient (Wildman–Crippen LogP) is 2.35. The number of nitrogens with one attached hydrogen (secondary N) is 1. The average molecular weight is 271 g/mol. The molecule has 4 heteroatoms. The first-order valence-electron chi connectivity index (χ1n) is 6.25. The molecule has 0 aliphatic rings. The summed E-state index contributed by atoms with van der Waals surface area (Å²) in [5, 5.41) is 2.33. The molecule has 20 heavy (non-hydrogen) atoms. The topological polar surface area (TPSA) is 46.2 Å². The van der Waals surface area contributed by atoms with E-state index in [0.29, 0.717) is 12.7 Å². The molecule has 1 N–H and O–H groups in total. The van der Waals surface area contributed by atoms with Gasteiger partial charge in [0, 0.05) is 0 Å². The van der Waals surface area contributed by atoms with Gasteiger partial charge in [0.15, 0.2) is 0 Å². The van der Waals surface area contributed by atoms with Crippen LogP contribution in [-0.2, 0) is 11.2 Å². The van der Waals surface area contributed by atoms with Crippen molar-refractivity contribution in [2.45, 2.75) is 6.42 Å². The lowest BCUT2D eigenvalue weighted by atomic mass is 10.0. The molecule has 0 saturated heterocycles. The van der Waals surface area contributed by atoms with Crippen LogP contribution in [0.5, 0.6) is 0 Å². The fourth-order valence-electron chi connectivity index (χ4n) is 1.92. The van der Waals surface area contributed by atoms with E-state index in [2.05, 4.69) is 5.32 Å². The van der Waals surface area contributed by atoms with Crippen molar-refractivity contribution in [1.29, 1.82) is 0 Å². The molecule has 0 aliphatic carbocycles. The molecular weight excluding hydrogens is 257 g/mol. The zero-order valence-corrected chi connectivity index (χ0v) is 10.8. The minimum absolute atomic E-state index is 0.0414. The monoisotopic (exact) mass is 271 g/mol. The van der Waals surface area contributed by atoms with Crippen LogP contribution in [-0.4, -0.2) is 18.7 Å². The first-order valence-corrected chi connectivity index (χ1v) is 6.25. The van der Waals surface area contributed by atoms with Crippen LogP contribution in [0.2, 0.25) is 0 Å². The van der Waals surface area contributed by atoms with Gasteiger partial charge in [-0.1, -0.05) is 36.4 Å². The van der Waals surface area contributed by atoms with E-state index in [0.717, 1.165) is 11.1 Å². The third-order valence-electron chi connectivity index (χ3n) is 2.87. The second kappa shape index (κ2) is 6.61. The summed E-state index contributed by atoms with van der Waals surface area (Å²) in [7, 11) is 0.